The number of nitrogen functional groups attached to an aromatic ring is 1. The number of hydrogen-bond acceptors (Lipinski definition) is 6. The zero-order valence-corrected chi connectivity index (χ0v) is 20.9. The minimum Gasteiger partial charge on any atom is -0.463 e. The molecule has 0 amide bonds. The molecule has 8 heteroatoms. The van der Waals surface area contributed by atoms with Crippen molar-refractivity contribution in [1.82, 2.24) is 19.4 Å². The number of unbranched alkanes of at least 4 members (excludes halogenated alkanes) is 1. The summed E-state index contributed by atoms with van der Waals surface area (Å²) in [5.41, 5.74) is 9.48. The van der Waals surface area contributed by atoms with Gasteiger partial charge < -0.3 is 20.1 Å². The van der Waals surface area contributed by atoms with Gasteiger partial charge in [-0.3, -0.25) is 4.90 Å². The molecule has 7 nitrogen and oxygen atoms in total. The Kier molecular flexibility index (Phi) is 8.22. The first-order valence-corrected chi connectivity index (χ1v) is 12.8. The summed E-state index contributed by atoms with van der Waals surface area (Å²) in [6.45, 7) is 6.57. The average Bonchev–Trinajstić information content (AvgIpc) is 3.42. The maximum Gasteiger partial charge on any atom is 0.320 e. The van der Waals surface area contributed by atoms with E-state index in [1.807, 2.05) is 6.07 Å². The quantitative estimate of drug-likeness (QED) is 0.383. The van der Waals surface area contributed by atoms with E-state index in [2.05, 4.69) is 66.6 Å². The van der Waals surface area contributed by atoms with E-state index in [1.54, 1.807) is 0 Å². The van der Waals surface area contributed by atoms with E-state index in [0.29, 0.717) is 25.4 Å². The highest BCUT2D eigenvalue weighted by molar-refractivity contribution is 9.10. The molecule has 1 fully saturated rings. The van der Waals surface area contributed by atoms with Crippen molar-refractivity contribution in [3.05, 3.63) is 46.1 Å². The molecule has 1 aromatic carbocycles. The summed E-state index contributed by atoms with van der Waals surface area (Å²) in [7, 11) is 0. The lowest BCUT2D eigenvalue weighted by molar-refractivity contribution is 0.126. The molecule has 1 atom stereocenters. The number of anilines is 1. The number of nitrogens with two attached hydrogens (primary N) is 1. The van der Waals surface area contributed by atoms with E-state index < -0.39 is 0 Å². The molecule has 0 bridgehead atoms. The standard InChI is InChI=1S/C25H34BrN5O2/c1-2-3-6-20(32)11-14-33-25-28-23(27)21-15-22(26)31(24(21)29-25)17-19-9-7-18(8-10-19)16-30-12-4-5-13-30/h7-10,15,20,32H,2-6,11-14,16-17H2,1H3,(H2,27,28,29)/t20-/m1/s1. The van der Waals surface area contributed by atoms with E-state index >= 15 is 0 Å². The first-order valence-electron chi connectivity index (χ1n) is 12.0. The van der Waals surface area contributed by atoms with Crippen molar-refractivity contribution in [1.29, 1.82) is 0 Å². The molecule has 0 radical (unpaired) electrons. The number of likely N-dealkylation sites (tertiary alicyclic amines) is 1. The van der Waals surface area contributed by atoms with Crippen LogP contribution >= 0.6 is 15.9 Å². The number of nitrogens with zero attached hydrogens (tertiary/aromatic N) is 4. The van der Waals surface area contributed by atoms with Crippen LogP contribution in [0.25, 0.3) is 11.0 Å². The van der Waals surface area contributed by atoms with Gasteiger partial charge in [-0.05, 0) is 65.5 Å². The van der Waals surface area contributed by atoms with Gasteiger partial charge in [-0.15, -0.1) is 0 Å². The van der Waals surface area contributed by atoms with Gasteiger partial charge >= 0.3 is 6.01 Å². The van der Waals surface area contributed by atoms with Crippen LogP contribution in [0.3, 0.4) is 0 Å². The van der Waals surface area contributed by atoms with Crippen LogP contribution in [-0.4, -0.2) is 50.3 Å². The van der Waals surface area contributed by atoms with Crippen molar-refractivity contribution < 1.29 is 9.84 Å². The van der Waals surface area contributed by atoms with Gasteiger partial charge in [0.15, 0.2) is 5.65 Å². The van der Waals surface area contributed by atoms with E-state index in [-0.39, 0.29) is 12.1 Å². The molecule has 0 saturated carbocycles. The maximum atomic E-state index is 10.0. The van der Waals surface area contributed by atoms with Crippen LogP contribution in [0.15, 0.2) is 34.9 Å². The smallest absolute Gasteiger partial charge is 0.320 e. The van der Waals surface area contributed by atoms with Crippen molar-refractivity contribution in [2.24, 2.45) is 0 Å². The third-order valence-corrected chi connectivity index (χ3v) is 6.91. The molecule has 33 heavy (non-hydrogen) atoms. The second-order valence-corrected chi connectivity index (χ2v) is 9.73. The van der Waals surface area contributed by atoms with Gasteiger partial charge in [0, 0.05) is 13.0 Å². The molecule has 3 N–H and O–H groups in total. The van der Waals surface area contributed by atoms with Gasteiger partial charge in [-0.2, -0.15) is 9.97 Å². The molecule has 3 heterocycles. The summed E-state index contributed by atoms with van der Waals surface area (Å²) in [4.78, 5) is 11.4. The van der Waals surface area contributed by atoms with Crippen LogP contribution in [0, 0.1) is 0 Å². The van der Waals surface area contributed by atoms with Crippen molar-refractivity contribution in [2.45, 2.75) is 64.6 Å². The molecule has 178 valence electrons. The Balaban J connectivity index is 1.45. The number of aromatic nitrogens is 3. The van der Waals surface area contributed by atoms with Crippen LogP contribution in [0.5, 0.6) is 6.01 Å². The molecule has 3 aromatic rings. The number of aliphatic hydroxyl groups is 1. The van der Waals surface area contributed by atoms with Crippen LogP contribution in [0.2, 0.25) is 0 Å². The normalized spacial score (nSPS) is 15.4. The predicted molar refractivity (Wildman–Crippen MR) is 135 cm³/mol. The van der Waals surface area contributed by atoms with Gasteiger partial charge in [-0.25, -0.2) is 0 Å². The molecule has 0 spiro atoms. The van der Waals surface area contributed by atoms with Crippen LogP contribution in [0.1, 0.15) is 56.6 Å². The van der Waals surface area contributed by atoms with Crippen molar-refractivity contribution in [3.63, 3.8) is 0 Å². The fourth-order valence-corrected chi connectivity index (χ4v) is 4.84. The molecule has 0 aliphatic carbocycles. The fourth-order valence-electron chi connectivity index (χ4n) is 4.31. The highest BCUT2D eigenvalue weighted by Crippen LogP contribution is 2.29. The second kappa shape index (κ2) is 11.3. The van der Waals surface area contributed by atoms with Gasteiger partial charge in [0.25, 0.3) is 0 Å². The summed E-state index contributed by atoms with van der Waals surface area (Å²) in [5, 5.41) is 10.8. The molecule has 1 aliphatic rings. The van der Waals surface area contributed by atoms with E-state index in [0.717, 1.165) is 41.4 Å². The number of benzene rings is 1. The molecule has 4 rings (SSSR count). The maximum absolute atomic E-state index is 10.0. The lowest BCUT2D eigenvalue weighted by Crippen LogP contribution is -2.18. The Labute approximate surface area is 204 Å². The Hall–Kier alpha value is -2.16. The lowest BCUT2D eigenvalue weighted by Gasteiger charge is -2.15. The van der Waals surface area contributed by atoms with Gasteiger partial charge in [0.1, 0.15) is 5.82 Å². The molecule has 1 saturated heterocycles. The molecule has 1 aliphatic heterocycles. The molecular formula is C25H34BrN5O2. The Bertz CT molecular complexity index is 1050. The summed E-state index contributed by atoms with van der Waals surface area (Å²) in [6.07, 6.45) is 5.67. The van der Waals surface area contributed by atoms with Crippen LogP contribution < -0.4 is 10.5 Å². The molecular weight excluding hydrogens is 482 g/mol. The van der Waals surface area contributed by atoms with Crippen molar-refractivity contribution >= 4 is 32.8 Å². The lowest BCUT2D eigenvalue weighted by atomic mass is 10.1. The third kappa shape index (κ3) is 6.25. The van der Waals surface area contributed by atoms with Gasteiger partial charge in [0.2, 0.25) is 0 Å². The topological polar surface area (TPSA) is 89.4 Å². The highest BCUT2D eigenvalue weighted by Gasteiger charge is 2.16. The highest BCUT2D eigenvalue weighted by atomic mass is 79.9. The predicted octanol–water partition coefficient (Wildman–Crippen LogP) is 4.74. The van der Waals surface area contributed by atoms with Crippen molar-refractivity contribution in [3.8, 4) is 6.01 Å². The summed E-state index contributed by atoms with van der Waals surface area (Å²) < 4.78 is 8.71. The second-order valence-electron chi connectivity index (χ2n) is 8.91. The Morgan fingerprint density at radius 2 is 1.79 bits per heavy atom. The summed E-state index contributed by atoms with van der Waals surface area (Å²) >= 11 is 3.65. The zero-order chi connectivity index (χ0) is 23.2. The van der Waals surface area contributed by atoms with Gasteiger partial charge in [-0.1, -0.05) is 44.0 Å². The Morgan fingerprint density at radius 3 is 2.48 bits per heavy atom. The average molecular weight is 516 g/mol. The third-order valence-electron chi connectivity index (χ3n) is 6.25. The monoisotopic (exact) mass is 515 g/mol. The fraction of sp³-hybridized carbons (Fsp3) is 0.520. The van der Waals surface area contributed by atoms with Crippen LogP contribution in [-0.2, 0) is 13.1 Å². The van der Waals surface area contributed by atoms with E-state index in [9.17, 15) is 5.11 Å². The number of fused-ring (bicyclic) bond motifs is 1. The van der Waals surface area contributed by atoms with Crippen LogP contribution in [0.4, 0.5) is 5.82 Å². The largest absolute Gasteiger partial charge is 0.463 e. The first-order chi connectivity index (χ1) is 16.0. The number of rotatable bonds is 11. The summed E-state index contributed by atoms with van der Waals surface area (Å²) in [6, 6.07) is 11.0. The number of ether oxygens (including phenoxy) is 1. The minimum atomic E-state index is -0.363. The van der Waals surface area contributed by atoms with Gasteiger partial charge in [0.05, 0.1) is 29.2 Å². The number of aliphatic hydroxyl groups excluding tert-OH is 1. The SMILES string of the molecule is CCCC[C@@H](O)CCOc1nc(N)c2cc(Br)n(Cc3ccc(CN4CCCC4)cc3)c2n1. The summed E-state index contributed by atoms with van der Waals surface area (Å²) in [5.74, 6) is 0.391. The minimum absolute atomic E-state index is 0.246. The van der Waals surface area contributed by atoms with E-state index in [4.69, 9.17) is 10.5 Å². The van der Waals surface area contributed by atoms with E-state index in [1.165, 1.54) is 37.1 Å². The number of hydrogen-bond donors (Lipinski definition) is 2. The molecule has 2 aromatic heterocycles. The first kappa shape index (κ1) is 24.0. The molecule has 0 unspecified atom stereocenters. The number of halogens is 1. The van der Waals surface area contributed by atoms with Crippen molar-refractivity contribution in [2.75, 3.05) is 25.4 Å². The zero-order valence-electron chi connectivity index (χ0n) is 19.3. The Morgan fingerprint density at radius 1 is 1.09 bits per heavy atom.